The normalized spacial score (nSPS) is 19.8. The molecule has 0 aliphatic heterocycles. The fourth-order valence-electron chi connectivity index (χ4n) is 3.03. The molecule has 0 bridgehead atoms. The Balaban J connectivity index is 1.58. The first-order valence-electron chi connectivity index (χ1n) is 8.42. The van der Waals surface area contributed by atoms with E-state index in [0.29, 0.717) is 22.4 Å². The monoisotopic (exact) mass is 356 g/mol. The molecule has 1 fully saturated rings. The summed E-state index contributed by atoms with van der Waals surface area (Å²) < 4.78 is 0. The molecule has 130 valence electrons. The lowest BCUT2D eigenvalue weighted by Gasteiger charge is -2.19. The highest BCUT2D eigenvalue weighted by Gasteiger charge is 2.40. The number of nitrogens with one attached hydrogen (secondary N) is 2. The topological polar surface area (TPSA) is 58.2 Å². The average Bonchev–Trinajstić information content (AvgIpc) is 3.34. The van der Waals surface area contributed by atoms with E-state index in [-0.39, 0.29) is 24.4 Å². The van der Waals surface area contributed by atoms with Crippen LogP contribution in [0.3, 0.4) is 0 Å². The highest BCUT2D eigenvalue weighted by molar-refractivity contribution is 6.30. The Morgan fingerprint density at radius 3 is 2.52 bits per heavy atom. The Morgan fingerprint density at radius 1 is 1.16 bits per heavy atom. The summed E-state index contributed by atoms with van der Waals surface area (Å²) >= 11 is 5.88. The van der Waals surface area contributed by atoms with Gasteiger partial charge in [-0.25, -0.2) is 0 Å². The molecular formula is C20H21ClN2O2. The van der Waals surface area contributed by atoms with E-state index in [1.54, 1.807) is 24.3 Å². The van der Waals surface area contributed by atoms with E-state index in [2.05, 4.69) is 17.6 Å². The molecule has 2 aromatic carbocycles. The van der Waals surface area contributed by atoms with Crippen LogP contribution in [0.4, 0.5) is 0 Å². The second kappa shape index (κ2) is 7.70. The predicted molar refractivity (Wildman–Crippen MR) is 98.4 cm³/mol. The first kappa shape index (κ1) is 17.5. The van der Waals surface area contributed by atoms with Gasteiger partial charge in [0, 0.05) is 10.6 Å². The van der Waals surface area contributed by atoms with E-state index >= 15 is 0 Å². The summed E-state index contributed by atoms with van der Waals surface area (Å²) in [5.41, 5.74) is 1.54. The fraction of sp³-hybridized carbons (Fsp3) is 0.300. The molecule has 0 spiro atoms. The molecule has 0 aromatic heterocycles. The van der Waals surface area contributed by atoms with Crippen molar-refractivity contribution < 1.29 is 9.59 Å². The largest absolute Gasteiger partial charge is 0.347 e. The minimum Gasteiger partial charge on any atom is -0.347 e. The van der Waals surface area contributed by atoms with Gasteiger partial charge in [0.1, 0.15) is 0 Å². The van der Waals surface area contributed by atoms with Crippen LogP contribution >= 0.6 is 11.6 Å². The average molecular weight is 357 g/mol. The number of hydrogen-bond acceptors (Lipinski definition) is 2. The Morgan fingerprint density at radius 2 is 1.88 bits per heavy atom. The predicted octanol–water partition coefficient (Wildman–Crippen LogP) is 3.58. The maximum absolute atomic E-state index is 12.3. The van der Waals surface area contributed by atoms with E-state index in [0.717, 1.165) is 12.0 Å². The molecule has 4 nitrogen and oxygen atoms in total. The Bertz CT molecular complexity index is 763. The summed E-state index contributed by atoms with van der Waals surface area (Å²) in [6.07, 6.45) is 1.11. The summed E-state index contributed by atoms with van der Waals surface area (Å²) in [7, 11) is 0. The second-order valence-electron chi connectivity index (χ2n) is 6.53. The van der Waals surface area contributed by atoms with Gasteiger partial charge in [-0.15, -0.1) is 0 Å². The molecule has 5 heteroatoms. The molecule has 3 rings (SSSR count). The third-order valence-corrected chi connectivity index (χ3v) is 4.81. The molecule has 2 aromatic rings. The smallest absolute Gasteiger partial charge is 0.251 e. The Hall–Kier alpha value is -2.33. The molecule has 1 saturated carbocycles. The first-order valence-corrected chi connectivity index (χ1v) is 8.80. The van der Waals surface area contributed by atoms with Crippen molar-refractivity contribution in [2.24, 2.45) is 11.8 Å². The lowest BCUT2D eigenvalue weighted by molar-refractivity contribution is -0.121. The molecule has 3 unspecified atom stereocenters. The van der Waals surface area contributed by atoms with Crippen LogP contribution in [0.1, 0.15) is 35.3 Å². The van der Waals surface area contributed by atoms with Gasteiger partial charge in [0.2, 0.25) is 5.91 Å². The molecule has 0 saturated heterocycles. The summed E-state index contributed by atoms with van der Waals surface area (Å²) in [4.78, 5) is 24.4. The van der Waals surface area contributed by atoms with Crippen molar-refractivity contribution in [2.45, 2.75) is 19.4 Å². The minimum atomic E-state index is -0.311. The SMILES string of the molecule is CC1CC1C(NC(=O)CNC(=O)c1cccc(Cl)c1)c1ccccc1. The molecule has 0 heterocycles. The van der Waals surface area contributed by atoms with Gasteiger partial charge in [-0.3, -0.25) is 9.59 Å². The number of amides is 2. The highest BCUT2D eigenvalue weighted by Crippen LogP contribution is 2.46. The lowest BCUT2D eigenvalue weighted by Crippen LogP contribution is -2.39. The number of hydrogen-bond donors (Lipinski definition) is 2. The molecular weight excluding hydrogens is 336 g/mol. The van der Waals surface area contributed by atoms with Crippen LogP contribution in [0, 0.1) is 11.8 Å². The number of benzene rings is 2. The minimum absolute atomic E-state index is 0.00762. The first-order chi connectivity index (χ1) is 12.0. The van der Waals surface area contributed by atoms with Gasteiger partial charge in [0.05, 0.1) is 12.6 Å². The second-order valence-corrected chi connectivity index (χ2v) is 6.96. The standard InChI is InChI=1S/C20H21ClN2O2/c1-13-10-17(13)19(14-6-3-2-4-7-14)23-18(24)12-22-20(25)15-8-5-9-16(21)11-15/h2-9,11,13,17,19H,10,12H2,1H3,(H,22,25)(H,23,24). The molecule has 3 atom stereocenters. The molecule has 25 heavy (non-hydrogen) atoms. The van der Waals surface area contributed by atoms with Crippen molar-refractivity contribution in [3.05, 3.63) is 70.7 Å². The van der Waals surface area contributed by atoms with E-state index < -0.39 is 0 Å². The van der Waals surface area contributed by atoms with Gasteiger partial charge in [-0.1, -0.05) is 54.9 Å². The van der Waals surface area contributed by atoms with Gasteiger partial charge in [-0.2, -0.15) is 0 Å². The third-order valence-electron chi connectivity index (χ3n) is 4.57. The van der Waals surface area contributed by atoms with Gasteiger partial charge in [0.15, 0.2) is 0 Å². The fourth-order valence-corrected chi connectivity index (χ4v) is 3.22. The van der Waals surface area contributed by atoms with Gasteiger partial charge in [-0.05, 0) is 42.0 Å². The van der Waals surface area contributed by atoms with Crippen molar-refractivity contribution in [2.75, 3.05) is 6.54 Å². The van der Waals surface area contributed by atoms with Crippen molar-refractivity contribution in [3.63, 3.8) is 0 Å². The zero-order valence-corrected chi connectivity index (χ0v) is 14.8. The van der Waals surface area contributed by atoms with Crippen molar-refractivity contribution in [1.29, 1.82) is 0 Å². The molecule has 1 aliphatic carbocycles. The maximum Gasteiger partial charge on any atom is 0.251 e. The molecule has 0 radical (unpaired) electrons. The number of carbonyl (C=O) groups excluding carboxylic acids is 2. The number of halogens is 1. The summed E-state index contributed by atoms with van der Waals surface area (Å²) in [6, 6.07) is 16.6. The van der Waals surface area contributed by atoms with Gasteiger partial charge < -0.3 is 10.6 Å². The quantitative estimate of drug-likeness (QED) is 0.831. The summed E-state index contributed by atoms with van der Waals surface area (Å²) in [6.45, 7) is 2.13. The van der Waals surface area contributed by atoms with E-state index in [1.165, 1.54) is 0 Å². The number of rotatable bonds is 6. The molecule has 2 N–H and O–H groups in total. The van der Waals surface area contributed by atoms with Crippen LogP contribution in [-0.2, 0) is 4.79 Å². The van der Waals surface area contributed by atoms with E-state index in [4.69, 9.17) is 11.6 Å². The zero-order chi connectivity index (χ0) is 17.8. The summed E-state index contributed by atoms with van der Waals surface area (Å²) in [5, 5.41) is 6.20. The highest BCUT2D eigenvalue weighted by atomic mass is 35.5. The van der Waals surface area contributed by atoms with E-state index in [1.807, 2.05) is 30.3 Å². The lowest BCUT2D eigenvalue weighted by atomic mass is 10.0. The van der Waals surface area contributed by atoms with Crippen LogP contribution in [0.25, 0.3) is 0 Å². The number of carbonyl (C=O) groups is 2. The Kier molecular flexibility index (Phi) is 5.39. The van der Waals surface area contributed by atoms with Gasteiger partial charge in [0.25, 0.3) is 5.91 Å². The van der Waals surface area contributed by atoms with Crippen LogP contribution in [0.15, 0.2) is 54.6 Å². The van der Waals surface area contributed by atoms with Crippen LogP contribution < -0.4 is 10.6 Å². The summed E-state index contributed by atoms with van der Waals surface area (Å²) in [5.74, 6) is 0.554. The third kappa shape index (κ3) is 4.60. The molecule has 2 amide bonds. The van der Waals surface area contributed by atoms with Crippen LogP contribution in [0.5, 0.6) is 0 Å². The molecule has 1 aliphatic rings. The maximum atomic E-state index is 12.3. The van der Waals surface area contributed by atoms with E-state index in [9.17, 15) is 9.59 Å². The zero-order valence-electron chi connectivity index (χ0n) is 14.0. The van der Waals surface area contributed by atoms with Gasteiger partial charge >= 0.3 is 0 Å². The van der Waals surface area contributed by atoms with Crippen molar-refractivity contribution in [1.82, 2.24) is 10.6 Å². The van der Waals surface area contributed by atoms with Crippen LogP contribution in [0.2, 0.25) is 5.02 Å². The van der Waals surface area contributed by atoms with Crippen LogP contribution in [-0.4, -0.2) is 18.4 Å². The Labute approximate surface area is 152 Å². The van der Waals surface area contributed by atoms with Crippen molar-refractivity contribution in [3.8, 4) is 0 Å². The van der Waals surface area contributed by atoms with Crippen molar-refractivity contribution >= 4 is 23.4 Å².